The molecule has 1 aromatic carbocycles. The first-order chi connectivity index (χ1) is 13.1. The molecule has 2 fully saturated rings. The molecule has 2 nitrogen and oxygen atoms in total. The highest BCUT2D eigenvalue weighted by atomic mass is 19.2. The molecule has 0 aromatic heterocycles. The first kappa shape index (κ1) is 20.6. The predicted octanol–water partition coefficient (Wildman–Crippen LogP) is 6.62. The van der Waals surface area contributed by atoms with Gasteiger partial charge in [0.2, 0.25) is 5.82 Å². The topological polar surface area (TPSA) is 18.5 Å². The highest BCUT2D eigenvalue weighted by Crippen LogP contribution is 2.39. The molecule has 152 valence electrons. The second-order valence-electron chi connectivity index (χ2n) is 8.26. The van der Waals surface area contributed by atoms with E-state index in [0.717, 1.165) is 25.2 Å². The maximum Gasteiger partial charge on any atom is 0.200 e. The average Bonchev–Trinajstić information content (AvgIpc) is 2.93. The Kier molecular flexibility index (Phi) is 7.51. The molecule has 0 N–H and O–H groups in total. The van der Waals surface area contributed by atoms with E-state index in [-0.39, 0.29) is 17.8 Å². The van der Waals surface area contributed by atoms with Gasteiger partial charge in [-0.05, 0) is 68.4 Å². The maximum absolute atomic E-state index is 14.6. The van der Waals surface area contributed by atoms with Gasteiger partial charge in [-0.2, -0.15) is 4.39 Å². The third kappa shape index (κ3) is 5.01. The number of ether oxygens (including phenoxy) is 2. The van der Waals surface area contributed by atoms with E-state index in [9.17, 15) is 8.78 Å². The van der Waals surface area contributed by atoms with Crippen molar-refractivity contribution in [1.29, 1.82) is 0 Å². The van der Waals surface area contributed by atoms with Crippen LogP contribution in [0.25, 0.3) is 0 Å². The zero-order chi connectivity index (χ0) is 19.2. The molecule has 1 heterocycles. The Bertz CT molecular complexity index is 596. The lowest BCUT2D eigenvalue weighted by Gasteiger charge is -2.33. The molecule has 1 aromatic rings. The number of halogens is 2. The molecule has 0 amide bonds. The summed E-state index contributed by atoms with van der Waals surface area (Å²) < 4.78 is 40.2. The second kappa shape index (κ2) is 9.86. The van der Waals surface area contributed by atoms with Crippen LogP contribution in [0.1, 0.15) is 83.1 Å². The largest absolute Gasteiger partial charge is 0.491 e. The molecule has 2 aliphatic rings. The lowest BCUT2D eigenvalue weighted by molar-refractivity contribution is -0.00112. The molecular weight excluding hydrogens is 346 g/mol. The Morgan fingerprint density at radius 2 is 1.74 bits per heavy atom. The van der Waals surface area contributed by atoms with Crippen LogP contribution in [0.4, 0.5) is 8.78 Å². The van der Waals surface area contributed by atoms with Crippen LogP contribution in [0.3, 0.4) is 0 Å². The number of benzene rings is 1. The van der Waals surface area contributed by atoms with Crippen molar-refractivity contribution in [2.75, 3.05) is 13.2 Å². The first-order valence-corrected chi connectivity index (χ1v) is 10.9. The Hall–Kier alpha value is -1.16. The Labute approximate surface area is 162 Å². The Balaban J connectivity index is 1.60. The summed E-state index contributed by atoms with van der Waals surface area (Å²) in [7, 11) is 0. The van der Waals surface area contributed by atoms with Crippen molar-refractivity contribution in [3.05, 3.63) is 29.3 Å². The van der Waals surface area contributed by atoms with E-state index < -0.39 is 11.6 Å². The van der Waals surface area contributed by atoms with Crippen molar-refractivity contribution in [3.8, 4) is 5.75 Å². The minimum atomic E-state index is -0.856. The van der Waals surface area contributed by atoms with Gasteiger partial charge in [-0.3, -0.25) is 0 Å². The van der Waals surface area contributed by atoms with Crippen LogP contribution in [-0.2, 0) is 4.74 Å². The van der Waals surface area contributed by atoms with Crippen LogP contribution in [-0.4, -0.2) is 19.3 Å². The monoisotopic (exact) mass is 380 g/mol. The SMILES string of the molecule is CCCC1CCC(C2CCC(c3ccc(OCC)c(F)c3F)CCO2)CC1. The van der Waals surface area contributed by atoms with Crippen molar-refractivity contribution >= 4 is 0 Å². The molecule has 0 bridgehead atoms. The van der Waals surface area contributed by atoms with E-state index in [4.69, 9.17) is 9.47 Å². The minimum Gasteiger partial charge on any atom is -0.491 e. The van der Waals surface area contributed by atoms with Gasteiger partial charge in [0.15, 0.2) is 11.6 Å². The van der Waals surface area contributed by atoms with E-state index in [1.54, 1.807) is 19.1 Å². The van der Waals surface area contributed by atoms with Crippen LogP contribution in [0.15, 0.2) is 12.1 Å². The van der Waals surface area contributed by atoms with Crippen LogP contribution in [0.2, 0.25) is 0 Å². The molecular formula is C23H34F2O2. The van der Waals surface area contributed by atoms with Crippen molar-refractivity contribution in [1.82, 2.24) is 0 Å². The second-order valence-corrected chi connectivity index (χ2v) is 8.26. The van der Waals surface area contributed by atoms with Gasteiger partial charge in [0.05, 0.1) is 12.7 Å². The average molecular weight is 381 g/mol. The van der Waals surface area contributed by atoms with Gasteiger partial charge in [0, 0.05) is 6.61 Å². The van der Waals surface area contributed by atoms with Crippen molar-refractivity contribution in [3.63, 3.8) is 0 Å². The Morgan fingerprint density at radius 3 is 2.44 bits per heavy atom. The predicted molar refractivity (Wildman–Crippen MR) is 104 cm³/mol. The minimum absolute atomic E-state index is 0.00494. The smallest absolute Gasteiger partial charge is 0.200 e. The summed E-state index contributed by atoms with van der Waals surface area (Å²) >= 11 is 0. The quantitative estimate of drug-likeness (QED) is 0.552. The van der Waals surface area contributed by atoms with Crippen LogP contribution >= 0.6 is 0 Å². The summed E-state index contributed by atoms with van der Waals surface area (Å²) in [5.74, 6) is -0.0406. The molecule has 0 spiro atoms. The van der Waals surface area contributed by atoms with Crippen LogP contribution in [0.5, 0.6) is 5.75 Å². The normalized spacial score (nSPS) is 29.3. The van der Waals surface area contributed by atoms with Gasteiger partial charge in [-0.25, -0.2) is 4.39 Å². The summed E-state index contributed by atoms with van der Waals surface area (Å²) in [6, 6.07) is 3.26. The van der Waals surface area contributed by atoms with Crippen molar-refractivity contribution < 1.29 is 18.3 Å². The third-order valence-corrected chi connectivity index (χ3v) is 6.53. The highest BCUT2D eigenvalue weighted by Gasteiger charge is 2.31. The summed E-state index contributed by atoms with van der Waals surface area (Å²) in [5.41, 5.74) is 0.479. The van der Waals surface area contributed by atoms with Gasteiger partial charge in [0.25, 0.3) is 0 Å². The fraction of sp³-hybridized carbons (Fsp3) is 0.739. The zero-order valence-corrected chi connectivity index (χ0v) is 16.8. The van der Waals surface area contributed by atoms with Gasteiger partial charge in [-0.1, -0.05) is 38.7 Å². The molecule has 1 saturated carbocycles. The number of hydrogen-bond donors (Lipinski definition) is 0. The first-order valence-electron chi connectivity index (χ1n) is 10.9. The number of hydrogen-bond acceptors (Lipinski definition) is 2. The fourth-order valence-corrected chi connectivity index (χ4v) is 5.02. The zero-order valence-electron chi connectivity index (χ0n) is 16.8. The van der Waals surface area contributed by atoms with Crippen molar-refractivity contribution in [2.45, 2.75) is 83.7 Å². The maximum atomic E-state index is 14.6. The molecule has 2 unspecified atom stereocenters. The highest BCUT2D eigenvalue weighted by molar-refractivity contribution is 5.33. The molecule has 1 saturated heterocycles. The molecule has 1 aliphatic carbocycles. The van der Waals surface area contributed by atoms with E-state index in [0.29, 0.717) is 24.7 Å². The van der Waals surface area contributed by atoms with Crippen LogP contribution in [0, 0.1) is 23.5 Å². The summed E-state index contributed by atoms with van der Waals surface area (Å²) in [4.78, 5) is 0. The lowest BCUT2D eigenvalue weighted by atomic mass is 9.76. The van der Waals surface area contributed by atoms with Gasteiger partial charge >= 0.3 is 0 Å². The van der Waals surface area contributed by atoms with E-state index in [1.807, 2.05) is 0 Å². The van der Waals surface area contributed by atoms with Crippen LogP contribution < -0.4 is 4.74 Å². The van der Waals surface area contributed by atoms with E-state index >= 15 is 0 Å². The molecule has 27 heavy (non-hydrogen) atoms. The number of rotatable bonds is 6. The van der Waals surface area contributed by atoms with Crippen molar-refractivity contribution in [2.24, 2.45) is 11.8 Å². The van der Waals surface area contributed by atoms with E-state index in [1.165, 1.54) is 38.5 Å². The standard InChI is InChI=1S/C23H34F2O2/c1-3-5-16-6-8-18(9-7-16)20-12-10-17(14-15-27-20)19-11-13-21(26-4-2)23(25)22(19)24/h11,13,16-18,20H,3-10,12,14-15H2,1-2H3. The molecule has 3 rings (SSSR count). The summed E-state index contributed by atoms with van der Waals surface area (Å²) in [5, 5.41) is 0. The molecule has 0 radical (unpaired) electrons. The van der Waals surface area contributed by atoms with E-state index in [2.05, 4.69) is 6.92 Å². The third-order valence-electron chi connectivity index (χ3n) is 6.53. The lowest BCUT2D eigenvalue weighted by Crippen LogP contribution is -2.27. The van der Waals surface area contributed by atoms with Gasteiger partial charge in [0.1, 0.15) is 0 Å². The van der Waals surface area contributed by atoms with Gasteiger partial charge < -0.3 is 9.47 Å². The summed E-state index contributed by atoms with van der Waals surface area (Å²) in [6.45, 7) is 5.00. The molecule has 4 heteroatoms. The fourth-order valence-electron chi connectivity index (χ4n) is 5.02. The van der Waals surface area contributed by atoms with Gasteiger partial charge in [-0.15, -0.1) is 0 Å². The summed E-state index contributed by atoms with van der Waals surface area (Å²) in [6.07, 6.45) is 10.6. The Morgan fingerprint density at radius 1 is 0.963 bits per heavy atom. The molecule has 2 atom stereocenters. The molecule has 1 aliphatic heterocycles.